The van der Waals surface area contributed by atoms with Crippen molar-refractivity contribution >= 4 is 23.9 Å². The lowest BCUT2D eigenvalue weighted by molar-refractivity contribution is -0.132. The third-order valence-corrected chi connectivity index (χ3v) is 4.79. The number of amides is 4. The van der Waals surface area contributed by atoms with Crippen molar-refractivity contribution in [2.24, 2.45) is 0 Å². The molecule has 0 radical (unpaired) electrons. The van der Waals surface area contributed by atoms with Gasteiger partial charge in [-0.3, -0.25) is 19.8 Å². The average Bonchev–Trinajstić information content (AvgIpc) is 2.65. The molecule has 2 fully saturated rings. The Morgan fingerprint density at radius 2 is 1.73 bits per heavy atom. The van der Waals surface area contributed by atoms with E-state index in [2.05, 4.69) is 5.32 Å². The van der Waals surface area contributed by atoms with Crippen LogP contribution in [0.5, 0.6) is 11.5 Å². The van der Waals surface area contributed by atoms with Crippen LogP contribution in [0.2, 0.25) is 0 Å². The Hall–Kier alpha value is -2.83. The highest BCUT2D eigenvalue weighted by Gasteiger charge is 2.40. The Morgan fingerprint density at radius 1 is 1.04 bits per heavy atom. The minimum absolute atomic E-state index is 0.0533. The molecular weight excluding hydrogens is 336 g/mol. The van der Waals surface area contributed by atoms with E-state index in [1.165, 1.54) is 25.2 Å². The summed E-state index contributed by atoms with van der Waals surface area (Å²) in [6, 6.07) is 4.30. The van der Waals surface area contributed by atoms with Gasteiger partial charge in [0.1, 0.15) is 5.57 Å². The fourth-order valence-corrected chi connectivity index (χ4v) is 3.45. The first-order valence-electron chi connectivity index (χ1n) is 8.67. The average molecular weight is 358 g/mol. The molecule has 2 aliphatic rings. The molecule has 0 bridgehead atoms. The highest BCUT2D eigenvalue weighted by molar-refractivity contribution is 6.31. The van der Waals surface area contributed by atoms with Gasteiger partial charge in [0.2, 0.25) is 0 Å². The first-order chi connectivity index (χ1) is 12.5. The summed E-state index contributed by atoms with van der Waals surface area (Å²) in [6.07, 6.45) is 6.08. The van der Waals surface area contributed by atoms with Gasteiger partial charge in [-0.25, -0.2) is 4.79 Å². The molecule has 26 heavy (non-hydrogen) atoms. The second-order valence-corrected chi connectivity index (χ2v) is 6.40. The number of methoxy groups -OCH3 is 2. The van der Waals surface area contributed by atoms with Gasteiger partial charge in [-0.15, -0.1) is 0 Å². The maximum Gasteiger partial charge on any atom is 0.331 e. The molecule has 1 saturated heterocycles. The summed E-state index contributed by atoms with van der Waals surface area (Å²) in [7, 11) is 3.04. The lowest BCUT2D eigenvalue weighted by Gasteiger charge is -2.35. The fourth-order valence-electron chi connectivity index (χ4n) is 3.45. The highest BCUT2D eigenvalue weighted by Crippen LogP contribution is 2.30. The van der Waals surface area contributed by atoms with E-state index in [1.54, 1.807) is 18.2 Å². The van der Waals surface area contributed by atoms with Crippen LogP contribution in [0.1, 0.15) is 37.7 Å². The van der Waals surface area contributed by atoms with Gasteiger partial charge in [0, 0.05) is 6.04 Å². The molecule has 1 saturated carbocycles. The number of hydrogen-bond donors (Lipinski definition) is 1. The van der Waals surface area contributed by atoms with E-state index in [4.69, 9.17) is 9.47 Å². The summed E-state index contributed by atoms with van der Waals surface area (Å²) < 4.78 is 10.4. The summed E-state index contributed by atoms with van der Waals surface area (Å²) in [5.41, 5.74) is 0.557. The SMILES string of the molecule is COc1ccc(C=C2C(=O)NC(=O)N(C3CCCCC3)C2=O)cc1OC. The van der Waals surface area contributed by atoms with Crippen molar-refractivity contribution < 1.29 is 23.9 Å². The number of urea groups is 1. The molecule has 0 aromatic heterocycles. The number of rotatable bonds is 4. The van der Waals surface area contributed by atoms with Crippen LogP contribution >= 0.6 is 0 Å². The zero-order valence-electron chi connectivity index (χ0n) is 14.9. The van der Waals surface area contributed by atoms with Crippen molar-refractivity contribution in [2.75, 3.05) is 14.2 Å². The fraction of sp³-hybridized carbons (Fsp3) is 0.421. The molecule has 1 aliphatic heterocycles. The Bertz CT molecular complexity index is 765. The largest absolute Gasteiger partial charge is 0.493 e. The second-order valence-electron chi connectivity index (χ2n) is 6.40. The standard InChI is InChI=1S/C19H22N2O5/c1-25-15-9-8-12(11-16(15)26-2)10-14-17(22)20-19(24)21(18(14)23)13-6-4-3-5-7-13/h8-11,13H,3-7H2,1-2H3,(H,20,22,24). The van der Waals surface area contributed by atoms with Crippen LogP contribution in [0.4, 0.5) is 4.79 Å². The van der Waals surface area contributed by atoms with Gasteiger partial charge in [-0.05, 0) is 36.6 Å². The van der Waals surface area contributed by atoms with Crippen LogP contribution in [0.15, 0.2) is 23.8 Å². The number of ether oxygens (including phenoxy) is 2. The molecular formula is C19H22N2O5. The summed E-state index contributed by atoms with van der Waals surface area (Å²) in [6.45, 7) is 0. The summed E-state index contributed by atoms with van der Waals surface area (Å²) in [5.74, 6) is -0.180. The third-order valence-electron chi connectivity index (χ3n) is 4.79. The third kappa shape index (κ3) is 3.42. The normalized spacial score (nSPS) is 20.3. The molecule has 0 spiro atoms. The van der Waals surface area contributed by atoms with Crippen LogP contribution in [0.25, 0.3) is 6.08 Å². The number of hydrogen-bond acceptors (Lipinski definition) is 5. The second kappa shape index (κ2) is 7.59. The van der Waals surface area contributed by atoms with E-state index in [-0.39, 0.29) is 11.6 Å². The molecule has 7 heteroatoms. The Labute approximate surface area is 151 Å². The number of imide groups is 2. The van der Waals surface area contributed by atoms with Crippen molar-refractivity contribution in [2.45, 2.75) is 38.1 Å². The predicted molar refractivity (Wildman–Crippen MR) is 94.8 cm³/mol. The van der Waals surface area contributed by atoms with E-state index >= 15 is 0 Å². The number of barbiturate groups is 1. The zero-order chi connectivity index (χ0) is 18.7. The molecule has 1 aromatic rings. The van der Waals surface area contributed by atoms with Crippen molar-refractivity contribution in [3.8, 4) is 11.5 Å². The quantitative estimate of drug-likeness (QED) is 0.660. The van der Waals surface area contributed by atoms with E-state index < -0.39 is 17.8 Å². The lowest BCUT2D eigenvalue weighted by Crippen LogP contribution is -2.58. The smallest absolute Gasteiger partial charge is 0.331 e. The van der Waals surface area contributed by atoms with Crippen molar-refractivity contribution in [1.82, 2.24) is 10.2 Å². The molecule has 0 atom stereocenters. The molecule has 3 rings (SSSR count). The summed E-state index contributed by atoms with van der Waals surface area (Å²) >= 11 is 0. The van der Waals surface area contributed by atoms with Gasteiger partial charge >= 0.3 is 6.03 Å². The first-order valence-corrected chi connectivity index (χ1v) is 8.67. The lowest BCUT2D eigenvalue weighted by atomic mass is 9.93. The van der Waals surface area contributed by atoms with Gasteiger partial charge in [0.05, 0.1) is 14.2 Å². The maximum atomic E-state index is 12.8. The first kappa shape index (κ1) is 18.0. The molecule has 7 nitrogen and oxygen atoms in total. The van der Waals surface area contributed by atoms with Gasteiger partial charge in [0.25, 0.3) is 11.8 Å². The van der Waals surface area contributed by atoms with Crippen LogP contribution in [0, 0.1) is 0 Å². The monoisotopic (exact) mass is 358 g/mol. The van der Waals surface area contributed by atoms with E-state index in [9.17, 15) is 14.4 Å². The predicted octanol–water partition coefficient (Wildman–Crippen LogP) is 2.50. The number of carbonyl (C=O) groups excluding carboxylic acids is 3. The molecule has 1 aliphatic carbocycles. The van der Waals surface area contributed by atoms with Gasteiger partial charge in [0.15, 0.2) is 11.5 Å². The Balaban J connectivity index is 1.92. The van der Waals surface area contributed by atoms with Crippen LogP contribution < -0.4 is 14.8 Å². The van der Waals surface area contributed by atoms with Gasteiger partial charge in [-0.1, -0.05) is 25.3 Å². The minimum atomic E-state index is -0.679. The maximum absolute atomic E-state index is 12.8. The Morgan fingerprint density at radius 3 is 2.38 bits per heavy atom. The molecule has 4 amide bonds. The zero-order valence-corrected chi connectivity index (χ0v) is 14.9. The molecule has 1 aromatic carbocycles. The van der Waals surface area contributed by atoms with Crippen molar-refractivity contribution in [1.29, 1.82) is 0 Å². The Kier molecular flexibility index (Phi) is 5.25. The minimum Gasteiger partial charge on any atom is -0.493 e. The molecule has 1 heterocycles. The van der Waals surface area contributed by atoms with Crippen molar-refractivity contribution in [3.63, 3.8) is 0 Å². The van der Waals surface area contributed by atoms with Crippen LogP contribution in [-0.4, -0.2) is 43.0 Å². The van der Waals surface area contributed by atoms with Gasteiger partial charge in [-0.2, -0.15) is 0 Å². The summed E-state index contributed by atoms with van der Waals surface area (Å²) in [5, 5.41) is 2.28. The van der Waals surface area contributed by atoms with Crippen LogP contribution in [0.3, 0.4) is 0 Å². The van der Waals surface area contributed by atoms with E-state index in [0.29, 0.717) is 17.1 Å². The van der Waals surface area contributed by atoms with Gasteiger partial charge < -0.3 is 9.47 Å². The molecule has 0 unspecified atom stereocenters. The molecule has 1 N–H and O–H groups in total. The number of benzene rings is 1. The van der Waals surface area contributed by atoms with E-state index in [0.717, 1.165) is 32.1 Å². The molecule has 138 valence electrons. The summed E-state index contributed by atoms with van der Waals surface area (Å²) in [4.78, 5) is 38.5. The topological polar surface area (TPSA) is 84.9 Å². The van der Waals surface area contributed by atoms with Crippen molar-refractivity contribution in [3.05, 3.63) is 29.3 Å². The van der Waals surface area contributed by atoms with E-state index in [1.807, 2.05) is 0 Å². The number of nitrogens with one attached hydrogen (secondary N) is 1. The van der Waals surface area contributed by atoms with Crippen LogP contribution in [-0.2, 0) is 9.59 Å². The highest BCUT2D eigenvalue weighted by atomic mass is 16.5. The number of nitrogens with zero attached hydrogens (tertiary/aromatic N) is 1. The number of carbonyl (C=O) groups is 3.